The molecule has 0 radical (unpaired) electrons. The van der Waals surface area contributed by atoms with Gasteiger partial charge in [0.25, 0.3) is 11.8 Å². The van der Waals surface area contributed by atoms with Gasteiger partial charge in [0.15, 0.2) is 0 Å². The third-order valence-electron chi connectivity index (χ3n) is 5.94. The number of aryl methyl sites for hydroxylation is 4. The van der Waals surface area contributed by atoms with Crippen molar-refractivity contribution in [2.45, 2.75) is 34.1 Å². The summed E-state index contributed by atoms with van der Waals surface area (Å²) in [6.07, 6.45) is 0.620. The molecular formula is C28H28N2O2. The minimum atomic E-state index is -0.276. The fraction of sp³-hybridized carbons (Fsp3) is 0.214. The van der Waals surface area contributed by atoms with Crippen LogP contribution in [0.15, 0.2) is 72.4 Å². The van der Waals surface area contributed by atoms with Gasteiger partial charge >= 0.3 is 0 Å². The summed E-state index contributed by atoms with van der Waals surface area (Å²) >= 11 is 0. The number of hydrogen-bond donors (Lipinski definition) is 1. The van der Waals surface area contributed by atoms with Crippen LogP contribution in [0.3, 0.4) is 0 Å². The molecule has 3 aromatic rings. The minimum Gasteiger partial charge on any atom is -0.350 e. The molecule has 162 valence electrons. The summed E-state index contributed by atoms with van der Waals surface area (Å²) in [5.74, 6) is -0.521. The Balaban J connectivity index is 1.74. The molecule has 0 aromatic heterocycles. The summed E-state index contributed by atoms with van der Waals surface area (Å²) in [7, 11) is 0. The van der Waals surface area contributed by atoms with Gasteiger partial charge in [-0.25, -0.2) is 0 Å². The van der Waals surface area contributed by atoms with Crippen LogP contribution in [0.2, 0.25) is 0 Å². The fourth-order valence-electron chi connectivity index (χ4n) is 4.13. The van der Waals surface area contributed by atoms with Crippen molar-refractivity contribution in [2.24, 2.45) is 0 Å². The highest BCUT2D eigenvalue weighted by molar-refractivity contribution is 6.36. The van der Waals surface area contributed by atoms with Gasteiger partial charge in [0.1, 0.15) is 5.70 Å². The topological polar surface area (TPSA) is 49.4 Å². The number of carbonyl (C=O) groups excluding carboxylic acids is 2. The largest absolute Gasteiger partial charge is 0.350 e. The second-order valence-electron chi connectivity index (χ2n) is 8.51. The predicted octanol–water partition coefficient (Wildman–Crippen LogP) is 5.35. The molecule has 32 heavy (non-hydrogen) atoms. The molecular weight excluding hydrogens is 396 g/mol. The third-order valence-corrected chi connectivity index (χ3v) is 5.94. The molecule has 1 aliphatic rings. The van der Waals surface area contributed by atoms with Crippen molar-refractivity contribution < 1.29 is 9.59 Å². The van der Waals surface area contributed by atoms with Gasteiger partial charge in [-0.15, -0.1) is 0 Å². The highest BCUT2D eigenvalue weighted by Gasteiger charge is 2.39. The lowest BCUT2D eigenvalue weighted by atomic mass is 9.97. The van der Waals surface area contributed by atoms with Gasteiger partial charge in [-0.3, -0.25) is 14.5 Å². The van der Waals surface area contributed by atoms with E-state index in [2.05, 4.69) is 5.32 Å². The van der Waals surface area contributed by atoms with E-state index in [9.17, 15) is 9.59 Å². The molecule has 0 aliphatic carbocycles. The van der Waals surface area contributed by atoms with E-state index in [-0.39, 0.29) is 11.8 Å². The Morgan fingerprint density at radius 3 is 2.16 bits per heavy atom. The quantitative estimate of drug-likeness (QED) is 0.542. The van der Waals surface area contributed by atoms with Gasteiger partial charge < -0.3 is 5.32 Å². The second kappa shape index (κ2) is 8.83. The number of hydrogen-bond acceptors (Lipinski definition) is 3. The highest BCUT2D eigenvalue weighted by atomic mass is 16.2. The molecule has 4 nitrogen and oxygen atoms in total. The van der Waals surface area contributed by atoms with Crippen LogP contribution in [0.1, 0.15) is 33.4 Å². The Labute approximate surface area is 189 Å². The van der Waals surface area contributed by atoms with E-state index < -0.39 is 0 Å². The molecule has 3 aromatic carbocycles. The number of imide groups is 1. The SMILES string of the molecule is Cc1ccc(C2=C(Nc3cc(C)ccc3C)C(=O)N(CCc3ccccc3)C2=O)c(C)c1. The first kappa shape index (κ1) is 21.6. The van der Waals surface area contributed by atoms with Crippen molar-refractivity contribution in [3.8, 4) is 0 Å². The maximum absolute atomic E-state index is 13.5. The number of nitrogens with one attached hydrogen (secondary N) is 1. The van der Waals surface area contributed by atoms with E-state index in [4.69, 9.17) is 0 Å². The maximum Gasteiger partial charge on any atom is 0.278 e. The normalized spacial score (nSPS) is 13.8. The van der Waals surface area contributed by atoms with E-state index in [1.165, 1.54) is 4.90 Å². The van der Waals surface area contributed by atoms with Gasteiger partial charge in [0.05, 0.1) is 5.57 Å². The molecule has 4 heteroatoms. The van der Waals surface area contributed by atoms with Crippen LogP contribution >= 0.6 is 0 Å². The zero-order valence-corrected chi connectivity index (χ0v) is 19.0. The Morgan fingerprint density at radius 1 is 0.750 bits per heavy atom. The second-order valence-corrected chi connectivity index (χ2v) is 8.51. The van der Waals surface area contributed by atoms with Crippen LogP contribution < -0.4 is 5.32 Å². The van der Waals surface area contributed by atoms with Crippen molar-refractivity contribution in [3.05, 3.63) is 106 Å². The van der Waals surface area contributed by atoms with Crippen LogP contribution in [0.25, 0.3) is 5.57 Å². The molecule has 2 amide bonds. The molecule has 0 spiro atoms. The van der Waals surface area contributed by atoms with Crippen LogP contribution in [0.4, 0.5) is 5.69 Å². The Hall–Kier alpha value is -3.66. The van der Waals surface area contributed by atoms with Gasteiger partial charge in [-0.1, -0.05) is 66.2 Å². The Morgan fingerprint density at radius 2 is 1.44 bits per heavy atom. The summed E-state index contributed by atoms with van der Waals surface area (Å²) < 4.78 is 0. The maximum atomic E-state index is 13.5. The molecule has 1 N–H and O–H groups in total. The molecule has 0 saturated carbocycles. The van der Waals surface area contributed by atoms with Crippen LogP contribution in [0.5, 0.6) is 0 Å². The average Bonchev–Trinajstić information content (AvgIpc) is 2.99. The highest BCUT2D eigenvalue weighted by Crippen LogP contribution is 2.33. The molecule has 1 aliphatic heterocycles. The molecule has 0 atom stereocenters. The van der Waals surface area contributed by atoms with E-state index in [1.807, 2.05) is 94.4 Å². The number of amides is 2. The molecule has 4 rings (SSSR count). The molecule has 0 unspecified atom stereocenters. The zero-order valence-electron chi connectivity index (χ0n) is 19.0. The Kier molecular flexibility index (Phi) is 5.95. The van der Waals surface area contributed by atoms with Crippen LogP contribution in [0, 0.1) is 27.7 Å². The zero-order chi connectivity index (χ0) is 22.8. The van der Waals surface area contributed by atoms with Crippen molar-refractivity contribution in [1.82, 2.24) is 4.90 Å². The molecule has 0 saturated heterocycles. The molecule has 1 heterocycles. The lowest BCUT2D eigenvalue weighted by Crippen LogP contribution is -2.34. The minimum absolute atomic E-state index is 0.245. The van der Waals surface area contributed by atoms with Crippen molar-refractivity contribution in [2.75, 3.05) is 11.9 Å². The van der Waals surface area contributed by atoms with E-state index in [0.29, 0.717) is 24.2 Å². The summed E-state index contributed by atoms with van der Waals surface area (Å²) in [5, 5.41) is 3.32. The summed E-state index contributed by atoms with van der Waals surface area (Å²) in [5.41, 5.74) is 7.73. The summed E-state index contributed by atoms with van der Waals surface area (Å²) in [4.78, 5) is 28.4. The average molecular weight is 425 g/mol. The van der Waals surface area contributed by atoms with Crippen LogP contribution in [-0.4, -0.2) is 23.3 Å². The van der Waals surface area contributed by atoms with Gasteiger partial charge in [0, 0.05) is 12.2 Å². The van der Waals surface area contributed by atoms with Gasteiger partial charge in [-0.2, -0.15) is 0 Å². The first-order valence-electron chi connectivity index (χ1n) is 10.9. The van der Waals surface area contributed by atoms with Crippen molar-refractivity contribution in [3.63, 3.8) is 0 Å². The lowest BCUT2D eigenvalue weighted by molar-refractivity contribution is -0.136. The smallest absolute Gasteiger partial charge is 0.278 e. The van der Waals surface area contributed by atoms with E-state index in [0.717, 1.165) is 39.1 Å². The third kappa shape index (κ3) is 4.22. The van der Waals surface area contributed by atoms with Gasteiger partial charge in [-0.05, 0) is 68.0 Å². The van der Waals surface area contributed by atoms with Crippen LogP contribution in [-0.2, 0) is 16.0 Å². The number of benzene rings is 3. The number of anilines is 1. The lowest BCUT2D eigenvalue weighted by Gasteiger charge is -2.16. The fourth-order valence-corrected chi connectivity index (χ4v) is 4.13. The monoisotopic (exact) mass is 424 g/mol. The van der Waals surface area contributed by atoms with E-state index in [1.54, 1.807) is 0 Å². The predicted molar refractivity (Wildman–Crippen MR) is 129 cm³/mol. The first-order valence-corrected chi connectivity index (χ1v) is 10.9. The molecule has 0 bridgehead atoms. The van der Waals surface area contributed by atoms with E-state index >= 15 is 0 Å². The number of carbonyl (C=O) groups is 2. The Bertz CT molecular complexity index is 1230. The first-order chi connectivity index (χ1) is 15.3. The van der Waals surface area contributed by atoms with Gasteiger partial charge in [0.2, 0.25) is 0 Å². The number of rotatable bonds is 6. The summed E-state index contributed by atoms with van der Waals surface area (Å²) in [6, 6.07) is 21.9. The summed E-state index contributed by atoms with van der Waals surface area (Å²) in [6.45, 7) is 8.35. The standard InChI is InChI=1S/C28H28N2O2/c1-18-11-13-23(21(4)16-18)25-26(29-24-17-19(2)10-12-20(24)3)28(32)30(27(25)31)15-14-22-8-6-5-7-9-22/h5-13,16-17,29H,14-15H2,1-4H3. The van der Waals surface area contributed by atoms with Crippen molar-refractivity contribution >= 4 is 23.1 Å². The number of nitrogens with zero attached hydrogens (tertiary/aromatic N) is 1. The van der Waals surface area contributed by atoms with Crippen molar-refractivity contribution in [1.29, 1.82) is 0 Å². The molecule has 0 fully saturated rings.